The van der Waals surface area contributed by atoms with Gasteiger partial charge in [0.2, 0.25) is 0 Å². The number of rotatable bonds is 4. The van der Waals surface area contributed by atoms with Crippen LogP contribution in [0.15, 0.2) is 48.5 Å². The topological polar surface area (TPSA) is 29.5 Å². The van der Waals surface area contributed by atoms with Crippen LogP contribution in [-0.4, -0.2) is 12.2 Å². The zero-order valence-corrected chi connectivity index (χ0v) is 12.1. The van der Waals surface area contributed by atoms with E-state index >= 15 is 0 Å². The minimum atomic E-state index is -0.934. The lowest BCUT2D eigenvalue weighted by Crippen LogP contribution is -2.29. The summed E-state index contributed by atoms with van der Waals surface area (Å²) in [6, 6.07) is 15.1. The van der Waals surface area contributed by atoms with E-state index in [2.05, 4.69) is 0 Å². The Balaban J connectivity index is 2.04. The highest BCUT2D eigenvalue weighted by molar-refractivity contribution is 6.30. The van der Waals surface area contributed by atoms with E-state index in [1.807, 2.05) is 48.5 Å². The zero-order chi connectivity index (χ0) is 14.2. The van der Waals surface area contributed by atoms with E-state index in [0.29, 0.717) is 5.02 Å². The summed E-state index contributed by atoms with van der Waals surface area (Å²) in [5.74, 6) is 1.07. The summed E-state index contributed by atoms with van der Waals surface area (Å²) in [7, 11) is 1.64. The molecule has 2 nitrogen and oxygen atoms in total. The van der Waals surface area contributed by atoms with E-state index in [0.717, 1.165) is 29.7 Å². The van der Waals surface area contributed by atoms with Gasteiger partial charge < -0.3 is 9.84 Å². The highest BCUT2D eigenvalue weighted by Crippen LogP contribution is 2.49. The number of methoxy groups -OCH3 is 1. The molecule has 1 saturated carbocycles. The molecule has 0 spiro atoms. The van der Waals surface area contributed by atoms with Gasteiger partial charge in [0, 0.05) is 5.02 Å². The Hall–Kier alpha value is -1.51. The lowest BCUT2D eigenvalue weighted by molar-refractivity contribution is 0.0564. The van der Waals surface area contributed by atoms with Crippen LogP contribution < -0.4 is 4.74 Å². The number of ether oxygens (including phenoxy) is 1. The fourth-order valence-corrected chi connectivity index (χ4v) is 2.81. The van der Waals surface area contributed by atoms with Crippen LogP contribution in [0.1, 0.15) is 24.0 Å². The molecular weight excluding hydrogens is 272 g/mol. The van der Waals surface area contributed by atoms with Crippen molar-refractivity contribution in [2.75, 3.05) is 7.11 Å². The second-order valence-electron chi connectivity index (χ2n) is 5.28. The van der Waals surface area contributed by atoms with Crippen molar-refractivity contribution in [3.8, 4) is 5.75 Å². The van der Waals surface area contributed by atoms with Crippen molar-refractivity contribution in [1.29, 1.82) is 0 Å². The maximum atomic E-state index is 11.3. The highest BCUT2D eigenvalue weighted by atomic mass is 35.5. The summed E-state index contributed by atoms with van der Waals surface area (Å²) in [5, 5.41) is 11.9. The first kappa shape index (κ1) is 13.5. The third-order valence-corrected chi connectivity index (χ3v) is 4.23. The van der Waals surface area contributed by atoms with Crippen molar-refractivity contribution in [3.05, 3.63) is 64.7 Å². The summed E-state index contributed by atoms with van der Waals surface area (Å²) in [4.78, 5) is 0. The molecule has 0 bridgehead atoms. The normalized spacial score (nSPS) is 17.6. The van der Waals surface area contributed by atoms with E-state index < -0.39 is 5.60 Å². The Labute approximate surface area is 124 Å². The van der Waals surface area contributed by atoms with Crippen LogP contribution in [0.2, 0.25) is 5.02 Å². The second kappa shape index (κ2) is 5.12. The van der Waals surface area contributed by atoms with Crippen LogP contribution in [0, 0.1) is 5.92 Å². The SMILES string of the molecule is COc1ccc(C(O)(c2ccc(Cl)cc2)C2CC2)cc1. The van der Waals surface area contributed by atoms with Gasteiger partial charge >= 0.3 is 0 Å². The summed E-state index contributed by atoms with van der Waals surface area (Å²) < 4.78 is 5.18. The summed E-state index contributed by atoms with van der Waals surface area (Å²) >= 11 is 5.94. The fraction of sp³-hybridized carbons (Fsp3) is 0.294. The molecule has 0 saturated heterocycles. The molecule has 0 heterocycles. The van der Waals surface area contributed by atoms with E-state index in [1.165, 1.54) is 0 Å². The van der Waals surface area contributed by atoms with Crippen LogP contribution in [0.5, 0.6) is 5.75 Å². The smallest absolute Gasteiger partial charge is 0.118 e. The van der Waals surface area contributed by atoms with Crippen LogP contribution in [0.4, 0.5) is 0 Å². The number of benzene rings is 2. The molecule has 1 N–H and O–H groups in total. The lowest BCUT2D eigenvalue weighted by atomic mass is 9.82. The molecule has 1 fully saturated rings. The van der Waals surface area contributed by atoms with Crippen molar-refractivity contribution in [2.45, 2.75) is 18.4 Å². The molecule has 2 aromatic rings. The maximum Gasteiger partial charge on any atom is 0.118 e. The molecular formula is C17H17ClO2. The Morgan fingerprint density at radius 2 is 1.50 bits per heavy atom. The maximum absolute atomic E-state index is 11.3. The number of hydrogen-bond acceptors (Lipinski definition) is 2. The van der Waals surface area contributed by atoms with Gasteiger partial charge in [0.15, 0.2) is 0 Å². The minimum absolute atomic E-state index is 0.275. The van der Waals surface area contributed by atoms with Gasteiger partial charge in [-0.1, -0.05) is 35.9 Å². The Bertz CT molecular complexity index is 587. The predicted octanol–water partition coefficient (Wildman–Crippen LogP) is 3.99. The molecule has 2 aromatic carbocycles. The van der Waals surface area contributed by atoms with Crippen LogP contribution >= 0.6 is 11.6 Å². The fourth-order valence-electron chi connectivity index (χ4n) is 2.69. The number of aliphatic hydroxyl groups is 1. The first-order valence-corrected chi connectivity index (χ1v) is 7.15. The molecule has 1 unspecified atom stereocenters. The Kier molecular flexibility index (Phi) is 3.45. The molecule has 0 aliphatic heterocycles. The third-order valence-electron chi connectivity index (χ3n) is 3.98. The van der Waals surface area contributed by atoms with Crippen molar-refractivity contribution in [2.24, 2.45) is 5.92 Å². The van der Waals surface area contributed by atoms with Crippen LogP contribution in [0.25, 0.3) is 0 Å². The molecule has 0 amide bonds. The zero-order valence-electron chi connectivity index (χ0n) is 11.3. The van der Waals surface area contributed by atoms with Crippen LogP contribution in [0.3, 0.4) is 0 Å². The molecule has 1 atom stereocenters. The molecule has 20 heavy (non-hydrogen) atoms. The summed E-state index contributed by atoms with van der Waals surface area (Å²) in [5.41, 5.74) is 0.870. The molecule has 0 radical (unpaired) electrons. The third kappa shape index (κ3) is 2.30. The minimum Gasteiger partial charge on any atom is -0.497 e. The van der Waals surface area contributed by atoms with Gasteiger partial charge in [-0.3, -0.25) is 0 Å². The molecule has 3 heteroatoms. The van der Waals surface area contributed by atoms with Gasteiger partial charge in [-0.05, 0) is 54.2 Å². The molecule has 1 aliphatic carbocycles. The van der Waals surface area contributed by atoms with E-state index in [4.69, 9.17) is 16.3 Å². The van der Waals surface area contributed by atoms with Gasteiger partial charge in [0.1, 0.15) is 11.4 Å². The molecule has 1 aliphatic rings. The van der Waals surface area contributed by atoms with Crippen molar-refractivity contribution >= 4 is 11.6 Å². The second-order valence-corrected chi connectivity index (χ2v) is 5.71. The summed E-state index contributed by atoms with van der Waals surface area (Å²) in [6.07, 6.45) is 2.09. The predicted molar refractivity (Wildman–Crippen MR) is 80.2 cm³/mol. The van der Waals surface area contributed by atoms with Gasteiger partial charge in [0.05, 0.1) is 7.11 Å². The van der Waals surface area contributed by atoms with Crippen molar-refractivity contribution < 1.29 is 9.84 Å². The van der Waals surface area contributed by atoms with Gasteiger partial charge in [-0.25, -0.2) is 0 Å². The van der Waals surface area contributed by atoms with Gasteiger partial charge in [-0.15, -0.1) is 0 Å². The van der Waals surface area contributed by atoms with Crippen molar-refractivity contribution in [3.63, 3.8) is 0 Å². The van der Waals surface area contributed by atoms with E-state index in [1.54, 1.807) is 7.11 Å². The van der Waals surface area contributed by atoms with Crippen LogP contribution in [-0.2, 0) is 5.60 Å². The Morgan fingerprint density at radius 3 is 1.95 bits per heavy atom. The van der Waals surface area contributed by atoms with E-state index in [-0.39, 0.29) is 5.92 Å². The average Bonchev–Trinajstić information content (AvgIpc) is 3.32. The molecule has 104 valence electrons. The molecule has 0 aromatic heterocycles. The first-order chi connectivity index (χ1) is 9.64. The largest absolute Gasteiger partial charge is 0.497 e. The number of halogens is 1. The Morgan fingerprint density at radius 1 is 1.00 bits per heavy atom. The lowest BCUT2D eigenvalue weighted by Gasteiger charge is -2.29. The quantitative estimate of drug-likeness (QED) is 0.921. The monoisotopic (exact) mass is 288 g/mol. The van der Waals surface area contributed by atoms with Crippen molar-refractivity contribution in [1.82, 2.24) is 0 Å². The average molecular weight is 289 g/mol. The van der Waals surface area contributed by atoms with Gasteiger partial charge in [0.25, 0.3) is 0 Å². The molecule has 3 rings (SSSR count). The van der Waals surface area contributed by atoms with E-state index in [9.17, 15) is 5.11 Å². The first-order valence-electron chi connectivity index (χ1n) is 6.77. The highest BCUT2D eigenvalue weighted by Gasteiger charge is 2.46. The standard InChI is InChI=1S/C17H17ClO2/c1-20-16-10-6-14(7-11-16)17(19,12-2-3-12)13-4-8-15(18)9-5-13/h4-12,19H,2-3H2,1H3. The van der Waals surface area contributed by atoms with Gasteiger partial charge in [-0.2, -0.15) is 0 Å². The summed E-state index contributed by atoms with van der Waals surface area (Å²) in [6.45, 7) is 0. The number of hydrogen-bond donors (Lipinski definition) is 1.